The van der Waals surface area contributed by atoms with Gasteiger partial charge in [0.1, 0.15) is 17.9 Å². The molecule has 0 unspecified atom stereocenters. The van der Waals surface area contributed by atoms with Gasteiger partial charge in [-0.2, -0.15) is 14.6 Å². The van der Waals surface area contributed by atoms with E-state index in [0.717, 1.165) is 22.8 Å². The van der Waals surface area contributed by atoms with Crippen molar-refractivity contribution in [3.8, 4) is 5.75 Å². The number of rotatable bonds is 4. The molecule has 1 atom stereocenters. The summed E-state index contributed by atoms with van der Waals surface area (Å²) < 4.78 is 7.17. The summed E-state index contributed by atoms with van der Waals surface area (Å²) in [7, 11) is 1.69. The fraction of sp³-hybridized carbons (Fsp3) is 0.312. The molecule has 22 heavy (non-hydrogen) atoms. The van der Waals surface area contributed by atoms with Crippen LogP contribution in [0, 0.1) is 13.8 Å². The first kappa shape index (κ1) is 14.3. The van der Waals surface area contributed by atoms with Gasteiger partial charge in [-0.15, -0.1) is 0 Å². The second-order valence-electron chi connectivity index (χ2n) is 5.37. The molecular weight excluding hydrogens is 278 g/mol. The van der Waals surface area contributed by atoms with Crippen LogP contribution in [-0.4, -0.2) is 26.7 Å². The van der Waals surface area contributed by atoms with Gasteiger partial charge in [-0.25, -0.2) is 4.98 Å². The molecule has 0 spiro atoms. The predicted molar refractivity (Wildman–Crippen MR) is 85.3 cm³/mol. The first-order valence-electron chi connectivity index (χ1n) is 7.17. The Kier molecular flexibility index (Phi) is 3.66. The Balaban J connectivity index is 1.98. The molecule has 0 saturated carbocycles. The Labute approximate surface area is 129 Å². The molecule has 0 saturated heterocycles. The molecule has 2 aromatic heterocycles. The third-order valence-corrected chi connectivity index (χ3v) is 3.60. The average Bonchev–Trinajstić information content (AvgIpc) is 2.95. The summed E-state index contributed by atoms with van der Waals surface area (Å²) in [6, 6.07) is 8.18. The molecule has 0 bridgehead atoms. The minimum Gasteiger partial charge on any atom is -0.496 e. The Morgan fingerprint density at radius 2 is 2.05 bits per heavy atom. The van der Waals surface area contributed by atoms with E-state index in [1.807, 2.05) is 25.1 Å². The lowest BCUT2D eigenvalue weighted by atomic mass is 10.0. The molecule has 2 heterocycles. The van der Waals surface area contributed by atoms with E-state index in [4.69, 9.17) is 4.74 Å². The number of anilines is 1. The topological polar surface area (TPSA) is 64.3 Å². The summed E-state index contributed by atoms with van der Waals surface area (Å²) >= 11 is 0. The molecule has 0 aliphatic rings. The number of aryl methyl sites for hydroxylation is 2. The van der Waals surface area contributed by atoms with E-state index in [1.165, 1.54) is 11.9 Å². The lowest BCUT2D eigenvalue weighted by Gasteiger charge is -2.19. The van der Waals surface area contributed by atoms with Crippen LogP contribution in [0.3, 0.4) is 0 Å². The highest BCUT2D eigenvalue weighted by Gasteiger charge is 2.14. The van der Waals surface area contributed by atoms with Gasteiger partial charge < -0.3 is 10.1 Å². The van der Waals surface area contributed by atoms with Gasteiger partial charge in [-0.05, 0) is 26.8 Å². The maximum Gasteiger partial charge on any atom is 0.254 e. The highest BCUT2D eigenvalue weighted by Crippen LogP contribution is 2.28. The number of ether oxygens (including phenoxy) is 1. The SMILES string of the molecule is COc1ccc(C)cc1[C@@H](C)Nc1cc(C)nc2ncnn12. The molecule has 3 rings (SSSR count). The minimum atomic E-state index is 0.0593. The fourth-order valence-corrected chi connectivity index (χ4v) is 2.53. The lowest BCUT2D eigenvalue weighted by Crippen LogP contribution is -2.12. The van der Waals surface area contributed by atoms with Crippen molar-refractivity contribution in [2.75, 3.05) is 12.4 Å². The Bertz CT molecular complexity index is 811. The van der Waals surface area contributed by atoms with Crippen molar-refractivity contribution >= 4 is 11.6 Å². The van der Waals surface area contributed by atoms with E-state index >= 15 is 0 Å². The molecule has 1 N–H and O–H groups in total. The standard InChI is InChI=1S/C16H19N5O/c1-10-5-6-14(22-4)13(7-10)12(3)20-15-8-11(2)19-16-17-9-18-21(15)16/h5-9,12,20H,1-4H3/t12-/m1/s1. The molecule has 1 aromatic carbocycles. The lowest BCUT2D eigenvalue weighted by molar-refractivity contribution is 0.407. The number of hydrogen-bond donors (Lipinski definition) is 1. The van der Waals surface area contributed by atoms with Crippen molar-refractivity contribution in [2.45, 2.75) is 26.8 Å². The van der Waals surface area contributed by atoms with Crippen LogP contribution in [-0.2, 0) is 0 Å². The van der Waals surface area contributed by atoms with Crippen molar-refractivity contribution in [3.63, 3.8) is 0 Å². The second kappa shape index (κ2) is 5.63. The second-order valence-corrected chi connectivity index (χ2v) is 5.37. The van der Waals surface area contributed by atoms with Crippen LogP contribution in [0.5, 0.6) is 5.75 Å². The highest BCUT2D eigenvalue weighted by atomic mass is 16.5. The van der Waals surface area contributed by atoms with E-state index in [2.05, 4.69) is 40.3 Å². The number of nitrogens with zero attached hydrogens (tertiary/aromatic N) is 4. The van der Waals surface area contributed by atoms with Crippen molar-refractivity contribution in [3.05, 3.63) is 47.4 Å². The van der Waals surface area contributed by atoms with E-state index in [0.29, 0.717) is 5.78 Å². The number of hydrogen-bond acceptors (Lipinski definition) is 5. The number of methoxy groups -OCH3 is 1. The van der Waals surface area contributed by atoms with Gasteiger partial charge in [0.15, 0.2) is 0 Å². The van der Waals surface area contributed by atoms with Gasteiger partial charge in [0.2, 0.25) is 0 Å². The molecule has 114 valence electrons. The number of aromatic nitrogens is 4. The van der Waals surface area contributed by atoms with Gasteiger partial charge in [-0.1, -0.05) is 17.7 Å². The van der Waals surface area contributed by atoms with Crippen LogP contribution in [0.25, 0.3) is 5.78 Å². The normalized spacial score (nSPS) is 12.4. The van der Waals surface area contributed by atoms with Gasteiger partial charge in [0, 0.05) is 17.3 Å². The van der Waals surface area contributed by atoms with Gasteiger partial charge >= 0.3 is 0 Å². The molecule has 0 fully saturated rings. The van der Waals surface area contributed by atoms with E-state index in [9.17, 15) is 0 Å². The first-order chi connectivity index (χ1) is 10.6. The van der Waals surface area contributed by atoms with E-state index in [-0.39, 0.29) is 6.04 Å². The first-order valence-corrected chi connectivity index (χ1v) is 7.17. The quantitative estimate of drug-likeness (QED) is 0.802. The number of nitrogens with one attached hydrogen (secondary N) is 1. The fourth-order valence-electron chi connectivity index (χ4n) is 2.53. The molecular formula is C16H19N5O. The van der Waals surface area contributed by atoms with Crippen LogP contribution >= 0.6 is 0 Å². The van der Waals surface area contributed by atoms with Crippen LogP contribution in [0.1, 0.15) is 29.8 Å². The Morgan fingerprint density at radius 1 is 1.23 bits per heavy atom. The molecule has 0 aliphatic carbocycles. The zero-order chi connectivity index (χ0) is 15.7. The van der Waals surface area contributed by atoms with Crippen molar-refractivity contribution < 1.29 is 4.74 Å². The van der Waals surface area contributed by atoms with Crippen LogP contribution in [0.2, 0.25) is 0 Å². The minimum absolute atomic E-state index is 0.0593. The third kappa shape index (κ3) is 2.59. The smallest absolute Gasteiger partial charge is 0.254 e. The predicted octanol–water partition coefficient (Wildman–Crippen LogP) is 2.92. The molecule has 0 aliphatic heterocycles. The van der Waals surface area contributed by atoms with Crippen LogP contribution < -0.4 is 10.1 Å². The van der Waals surface area contributed by atoms with Gasteiger partial charge in [0.05, 0.1) is 13.2 Å². The summed E-state index contributed by atoms with van der Waals surface area (Å²) in [5.41, 5.74) is 3.19. The maximum absolute atomic E-state index is 5.47. The monoisotopic (exact) mass is 297 g/mol. The van der Waals surface area contributed by atoms with Crippen molar-refractivity contribution in [1.29, 1.82) is 0 Å². The van der Waals surface area contributed by atoms with Crippen molar-refractivity contribution in [1.82, 2.24) is 19.6 Å². The summed E-state index contributed by atoms with van der Waals surface area (Å²) in [6.45, 7) is 6.11. The number of benzene rings is 1. The molecule has 6 nitrogen and oxygen atoms in total. The van der Waals surface area contributed by atoms with Crippen molar-refractivity contribution in [2.24, 2.45) is 0 Å². The summed E-state index contributed by atoms with van der Waals surface area (Å²) in [4.78, 5) is 8.49. The highest BCUT2D eigenvalue weighted by molar-refractivity contribution is 5.48. The van der Waals surface area contributed by atoms with Crippen LogP contribution in [0.15, 0.2) is 30.6 Å². The summed E-state index contributed by atoms with van der Waals surface area (Å²) in [5.74, 6) is 2.31. The zero-order valence-corrected chi connectivity index (χ0v) is 13.2. The van der Waals surface area contributed by atoms with Gasteiger partial charge in [0.25, 0.3) is 5.78 Å². The van der Waals surface area contributed by atoms with E-state index in [1.54, 1.807) is 11.6 Å². The number of fused-ring (bicyclic) bond motifs is 1. The molecule has 0 radical (unpaired) electrons. The average molecular weight is 297 g/mol. The van der Waals surface area contributed by atoms with E-state index < -0.39 is 0 Å². The molecule has 0 amide bonds. The maximum atomic E-state index is 5.47. The summed E-state index contributed by atoms with van der Waals surface area (Å²) in [6.07, 6.45) is 1.50. The van der Waals surface area contributed by atoms with Gasteiger partial charge in [-0.3, -0.25) is 0 Å². The Morgan fingerprint density at radius 3 is 2.82 bits per heavy atom. The zero-order valence-electron chi connectivity index (χ0n) is 13.2. The largest absolute Gasteiger partial charge is 0.496 e. The van der Waals surface area contributed by atoms with Crippen LogP contribution in [0.4, 0.5) is 5.82 Å². The third-order valence-electron chi connectivity index (χ3n) is 3.60. The Hall–Kier alpha value is -2.63. The summed E-state index contributed by atoms with van der Waals surface area (Å²) in [5, 5.41) is 7.69. The molecule has 3 aromatic rings. The molecule has 6 heteroatoms.